The highest BCUT2D eigenvalue weighted by Crippen LogP contribution is 2.44. The summed E-state index contributed by atoms with van der Waals surface area (Å²) in [6.07, 6.45) is 11.3. The topological polar surface area (TPSA) is 40.6 Å². The lowest BCUT2D eigenvalue weighted by Crippen LogP contribution is -1.97. The second-order valence-electron chi connectivity index (χ2n) is 5.20. The highest BCUT2D eigenvalue weighted by molar-refractivity contribution is 7.04. The van der Waals surface area contributed by atoms with Gasteiger partial charge in [0.2, 0.25) is 0 Å². The van der Waals surface area contributed by atoms with Crippen LogP contribution in [0.4, 0.5) is 0 Å². The minimum atomic E-state index is 0.625. The van der Waals surface area contributed by atoms with Gasteiger partial charge in [0.1, 0.15) is 5.75 Å². The van der Waals surface area contributed by atoms with Gasteiger partial charge in [0.05, 0.1) is 32.6 Å². The Morgan fingerprint density at radius 3 is 2.58 bits per heavy atom. The molecular weight excluding hydrogens is 322 g/mol. The van der Waals surface area contributed by atoms with Gasteiger partial charge in [0.15, 0.2) is 11.5 Å². The van der Waals surface area contributed by atoms with Crippen molar-refractivity contribution in [3.63, 3.8) is 0 Å². The smallest absolute Gasteiger partial charge is 0.170 e. The minimum absolute atomic E-state index is 0.625. The van der Waals surface area contributed by atoms with Crippen LogP contribution >= 0.6 is 11.5 Å². The first-order valence-electron chi connectivity index (χ1n) is 7.56. The lowest BCUT2D eigenvalue weighted by molar-refractivity contribution is 0.350. The van der Waals surface area contributed by atoms with Crippen LogP contribution < -0.4 is 14.2 Å². The minimum Gasteiger partial charge on any atom is -0.497 e. The summed E-state index contributed by atoms with van der Waals surface area (Å²) in [5.41, 5.74) is 4.06. The Hall–Kier alpha value is -2.53. The van der Waals surface area contributed by atoms with Crippen molar-refractivity contribution < 1.29 is 14.2 Å². The number of nitrogens with zero attached hydrogens (tertiary/aromatic N) is 1. The van der Waals surface area contributed by atoms with Gasteiger partial charge >= 0.3 is 0 Å². The summed E-state index contributed by atoms with van der Waals surface area (Å²) in [4.78, 5) is 0. The van der Waals surface area contributed by atoms with Gasteiger partial charge < -0.3 is 14.2 Å². The fraction of sp³-hybridized carbons (Fsp3) is 0.211. The molecule has 0 saturated carbocycles. The van der Waals surface area contributed by atoms with Crippen molar-refractivity contribution in [1.29, 1.82) is 0 Å². The van der Waals surface area contributed by atoms with Gasteiger partial charge in [-0.2, -0.15) is 4.37 Å². The van der Waals surface area contributed by atoms with Crippen molar-refractivity contribution in [3.05, 3.63) is 53.5 Å². The van der Waals surface area contributed by atoms with Crippen LogP contribution in [0.15, 0.2) is 47.9 Å². The summed E-state index contributed by atoms with van der Waals surface area (Å²) in [6, 6.07) is 3.74. The number of aromatic nitrogens is 1. The van der Waals surface area contributed by atoms with Gasteiger partial charge in [-0.3, -0.25) is 0 Å². The van der Waals surface area contributed by atoms with Crippen LogP contribution in [-0.4, -0.2) is 25.7 Å². The van der Waals surface area contributed by atoms with Crippen LogP contribution in [0.1, 0.15) is 12.0 Å². The van der Waals surface area contributed by atoms with E-state index in [0.29, 0.717) is 17.2 Å². The molecule has 0 saturated heterocycles. The van der Waals surface area contributed by atoms with Gasteiger partial charge in [0, 0.05) is 17.0 Å². The van der Waals surface area contributed by atoms with E-state index in [0.717, 1.165) is 23.2 Å². The Morgan fingerprint density at radius 1 is 0.958 bits per heavy atom. The first-order chi connectivity index (χ1) is 11.8. The van der Waals surface area contributed by atoms with Gasteiger partial charge in [-0.25, -0.2) is 0 Å². The first kappa shape index (κ1) is 16.3. The summed E-state index contributed by atoms with van der Waals surface area (Å²) < 4.78 is 21.1. The molecule has 24 heavy (non-hydrogen) atoms. The van der Waals surface area contributed by atoms with Crippen molar-refractivity contribution >= 4 is 17.1 Å². The third kappa shape index (κ3) is 3.08. The summed E-state index contributed by atoms with van der Waals surface area (Å²) >= 11 is 1.43. The molecule has 4 nitrogen and oxygen atoms in total. The van der Waals surface area contributed by atoms with E-state index in [1.165, 1.54) is 17.1 Å². The highest BCUT2D eigenvalue weighted by Gasteiger charge is 2.20. The first-order valence-corrected chi connectivity index (χ1v) is 8.39. The van der Waals surface area contributed by atoms with Crippen LogP contribution in [0.3, 0.4) is 0 Å². The SMILES string of the molecule is COc1cc(OC)c(OC)c(-c2nscc2C2=CC=CC=CC2)c1. The maximum Gasteiger partial charge on any atom is 0.170 e. The molecule has 5 heteroatoms. The van der Waals surface area contributed by atoms with Crippen molar-refractivity contribution in [1.82, 2.24) is 4.37 Å². The molecule has 0 fully saturated rings. The maximum atomic E-state index is 5.59. The Labute approximate surface area is 145 Å². The third-order valence-electron chi connectivity index (χ3n) is 3.85. The summed E-state index contributed by atoms with van der Waals surface area (Å²) in [7, 11) is 4.89. The number of rotatable bonds is 5. The molecule has 0 amide bonds. The number of allylic oxidation sites excluding steroid dienone is 6. The van der Waals surface area contributed by atoms with E-state index in [1.807, 2.05) is 24.3 Å². The largest absolute Gasteiger partial charge is 0.497 e. The third-order valence-corrected chi connectivity index (χ3v) is 4.48. The van der Waals surface area contributed by atoms with Crippen molar-refractivity contribution in [3.8, 4) is 28.5 Å². The fourth-order valence-corrected chi connectivity index (χ4v) is 3.39. The normalized spacial score (nSPS) is 13.4. The lowest BCUT2D eigenvalue weighted by atomic mass is 9.98. The Morgan fingerprint density at radius 2 is 1.83 bits per heavy atom. The van der Waals surface area contributed by atoms with Crippen molar-refractivity contribution in [2.45, 2.75) is 6.42 Å². The Bertz CT molecular complexity index is 818. The Balaban J connectivity index is 2.17. The molecule has 1 aliphatic rings. The van der Waals surface area contributed by atoms with E-state index < -0.39 is 0 Å². The number of ether oxygens (including phenoxy) is 3. The van der Waals surface area contributed by atoms with Crippen molar-refractivity contribution in [2.24, 2.45) is 0 Å². The molecular formula is C19H19NO3S. The summed E-state index contributed by atoms with van der Waals surface area (Å²) in [5, 5.41) is 2.07. The molecule has 0 spiro atoms. The van der Waals surface area contributed by atoms with Gasteiger partial charge in [-0.15, -0.1) is 0 Å². The zero-order valence-corrected chi connectivity index (χ0v) is 14.7. The number of benzene rings is 1. The molecule has 2 aromatic rings. The van der Waals surface area contributed by atoms with E-state index in [4.69, 9.17) is 14.2 Å². The number of hydrogen-bond acceptors (Lipinski definition) is 5. The maximum absolute atomic E-state index is 5.59. The van der Waals surface area contributed by atoms with Gasteiger partial charge in [0.25, 0.3) is 0 Å². The predicted molar refractivity (Wildman–Crippen MR) is 98.1 cm³/mol. The molecule has 0 aliphatic heterocycles. The number of hydrogen-bond donors (Lipinski definition) is 0. The second-order valence-corrected chi connectivity index (χ2v) is 5.83. The Kier molecular flexibility index (Phi) is 5.01. The van der Waals surface area contributed by atoms with Gasteiger partial charge in [-0.1, -0.05) is 30.4 Å². The average molecular weight is 341 g/mol. The second kappa shape index (κ2) is 7.36. The van der Waals surface area contributed by atoms with Crippen LogP contribution in [0.5, 0.6) is 17.2 Å². The summed E-state index contributed by atoms with van der Waals surface area (Å²) in [6.45, 7) is 0. The van der Waals surface area contributed by atoms with Crippen molar-refractivity contribution in [2.75, 3.05) is 21.3 Å². The zero-order chi connectivity index (χ0) is 16.9. The van der Waals surface area contributed by atoms with Gasteiger partial charge in [-0.05, 0) is 29.6 Å². The molecule has 124 valence electrons. The van der Waals surface area contributed by atoms with Crippen LogP contribution in [0, 0.1) is 0 Å². The standard InChI is InChI=1S/C19H19NO3S/c1-21-14-10-15(19(23-3)17(11-14)22-2)18-16(12-24-20-18)13-8-6-4-5-7-9-13/h4-8,10-12H,9H2,1-3H3. The van der Waals surface area contributed by atoms with Crippen LogP contribution in [-0.2, 0) is 0 Å². The highest BCUT2D eigenvalue weighted by atomic mass is 32.1. The monoisotopic (exact) mass is 341 g/mol. The van der Waals surface area contributed by atoms with Crippen LogP contribution in [0.25, 0.3) is 16.8 Å². The molecule has 3 rings (SSSR count). The van der Waals surface area contributed by atoms with Crippen LogP contribution in [0.2, 0.25) is 0 Å². The number of methoxy groups -OCH3 is 3. The van der Waals surface area contributed by atoms with E-state index in [9.17, 15) is 0 Å². The molecule has 1 heterocycles. The predicted octanol–water partition coefficient (Wildman–Crippen LogP) is 4.74. The molecule has 0 N–H and O–H groups in total. The van der Waals surface area contributed by atoms with E-state index >= 15 is 0 Å². The fourth-order valence-electron chi connectivity index (χ4n) is 2.67. The molecule has 1 aliphatic carbocycles. The quantitative estimate of drug-likeness (QED) is 0.788. The summed E-state index contributed by atoms with van der Waals surface area (Å²) in [5.74, 6) is 1.99. The molecule has 1 aromatic heterocycles. The van der Waals surface area contributed by atoms with E-state index in [1.54, 1.807) is 21.3 Å². The molecule has 0 radical (unpaired) electrons. The molecule has 1 aromatic carbocycles. The van der Waals surface area contributed by atoms with E-state index in [-0.39, 0.29) is 0 Å². The zero-order valence-electron chi connectivity index (χ0n) is 13.9. The van der Waals surface area contributed by atoms with E-state index in [2.05, 4.69) is 28.0 Å². The lowest BCUT2D eigenvalue weighted by Gasteiger charge is -2.15. The molecule has 0 unspecified atom stereocenters. The average Bonchev–Trinajstić information content (AvgIpc) is 2.95. The molecule has 0 bridgehead atoms. The molecule has 0 atom stereocenters.